The first kappa shape index (κ1) is 12.9. The van der Waals surface area contributed by atoms with Crippen LogP contribution in [0.5, 0.6) is 5.75 Å². The molecule has 0 saturated carbocycles. The zero-order valence-corrected chi connectivity index (χ0v) is 9.14. The number of halogens is 2. The van der Waals surface area contributed by atoms with E-state index in [4.69, 9.17) is 9.88 Å². The van der Waals surface area contributed by atoms with Gasteiger partial charge in [-0.1, -0.05) is 6.07 Å². The Morgan fingerprint density at radius 1 is 1.31 bits per heavy atom. The summed E-state index contributed by atoms with van der Waals surface area (Å²) < 4.78 is 51.7. The molecule has 90 valence electrons. The first-order valence-corrected chi connectivity index (χ1v) is 6.19. The Labute approximate surface area is 92.1 Å². The third kappa shape index (κ3) is 4.11. The number of benzene rings is 1. The van der Waals surface area contributed by atoms with E-state index in [1.165, 1.54) is 12.1 Å². The Balaban J connectivity index is 2.47. The van der Waals surface area contributed by atoms with Crippen LogP contribution < -0.4 is 9.88 Å². The molecular formula is C9H11F2NO3S. The number of ether oxygens (including phenoxy) is 1. The molecule has 1 aromatic carbocycles. The summed E-state index contributed by atoms with van der Waals surface area (Å²) in [5.74, 6) is -2.60. The van der Waals surface area contributed by atoms with Crippen LogP contribution in [-0.2, 0) is 10.0 Å². The summed E-state index contributed by atoms with van der Waals surface area (Å²) in [5.41, 5.74) is 0. The van der Waals surface area contributed by atoms with Crippen LogP contribution in [0.3, 0.4) is 0 Å². The molecule has 0 bridgehead atoms. The highest BCUT2D eigenvalue weighted by Crippen LogP contribution is 2.19. The molecule has 16 heavy (non-hydrogen) atoms. The van der Waals surface area contributed by atoms with E-state index < -0.39 is 21.7 Å². The zero-order chi connectivity index (χ0) is 12.2. The molecule has 7 heteroatoms. The highest BCUT2D eigenvalue weighted by Gasteiger charge is 2.09. The standard InChI is InChI=1S/C9H11F2NO3S/c10-7-3-1-4-8(9(7)11)15-5-2-6-16(12,13)14/h1,3-4H,2,5-6H2,(H2,12,13,14). The van der Waals surface area contributed by atoms with E-state index in [0.717, 1.165) is 6.07 Å². The van der Waals surface area contributed by atoms with Crippen molar-refractivity contribution in [1.29, 1.82) is 0 Å². The van der Waals surface area contributed by atoms with Crippen LogP contribution in [0, 0.1) is 11.6 Å². The highest BCUT2D eigenvalue weighted by atomic mass is 32.2. The lowest BCUT2D eigenvalue weighted by Gasteiger charge is -2.06. The first-order valence-electron chi connectivity index (χ1n) is 4.47. The minimum Gasteiger partial charge on any atom is -0.490 e. The van der Waals surface area contributed by atoms with Crippen molar-refractivity contribution in [2.24, 2.45) is 5.14 Å². The van der Waals surface area contributed by atoms with Gasteiger partial charge in [0.15, 0.2) is 11.6 Å². The number of sulfonamides is 1. The van der Waals surface area contributed by atoms with Crippen molar-refractivity contribution in [3.63, 3.8) is 0 Å². The fraction of sp³-hybridized carbons (Fsp3) is 0.333. The lowest BCUT2D eigenvalue weighted by atomic mass is 10.3. The number of primary sulfonamides is 1. The van der Waals surface area contributed by atoms with Crippen LogP contribution >= 0.6 is 0 Å². The summed E-state index contributed by atoms with van der Waals surface area (Å²) in [5, 5.41) is 4.75. The topological polar surface area (TPSA) is 69.4 Å². The minimum atomic E-state index is -3.54. The molecular weight excluding hydrogens is 240 g/mol. The van der Waals surface area contributed by atoms with Gasteiger partial charge in [0, 0.05) is 0 Å². The molecule has 1 aromatic rings. The smallest absolute Gasteiger partial charge is 0.209 e. The third-order valence-electron chi connectivity index (χ3n) is 1.75. The van der Waals surface area contributed by atoms with Crippen LogP contribution in [0.15, 0.2) is 18.2 Å². The van der Waals surface area contributed by atoms with E-state index in [2.05, 4.69) is 0 Å². The molecule has 2 N–H and O–H groups in total. The number of hydrogen-bond acceptors (Lipinski definition) is 3. The summed E-state index contributed by atoms with van der Waals surface area (Å²) >= 11 is 0. The second kappa shape index (κ2) is 5.22. The van der Waals surface area contributed by atoms with Crippen LogP contribution in [0.4, 0.5) is 8.78 Å². The van der Waals surface area contributed by atoms with Gasteiger partial charge in [0.1, 0.15) is 0 Å². The van der Waals surface area contributed by atoms with Gasteiger partial charge in [0.2, 0.25) is 15.8 Å². The van der Waals surface area contributed by atoms with Gasteiger partial charge in [-0.3, -0.25) is 0 Å². The van der Waals surface area contributed by atoms with Gasteiger partial charge < -0.3 is 4.74 Å². The van der Waals surface area contributed by atoms with Crippen LogP contribution in [-0.4, -0.2) is 20.8 Å². The Morgan fingerprint density at radius 3 is 2.62 bits per heavy atom. The summed E-state index contributed by atoms with van der Waals surface area (Å²) in [6.07, 6.45) is 0.120. The quantitative estimate of drug-likeness (QED) is 0.794. The van der Waals surface area contributed by atoms with Crippen molar-refractivity contribution >= 4 is 10.0 Å². The number of nitrogens with two attached hydrogens (primary N) is 1. The van der Waals surface area contributed by atoms with E-state index in [0.29, 0.717) is 0 Å². The van der Waals surface area contributed by atoms with Crippen molar-refractivity contribution in [2.75, 3.05) is 12.4 Å². The monoisotopic (exact) mass is 251 g/mol. The highest BCUT2D eigenvalue weighted by molar-refractivity contribution is 7.89. The van der Waals surface area contributed by atoms with Gasteiger partial charge in [-0.15, -0.1) is 0 Å². The fourth-order valence-electron chi connectivity index (χ4n) is 1.04. The van der Waals surface area contributed by atoms with Gasteiger partial charge in [-0.05, 0) is 18.6 Å². The van der Waals surface area contributed by atoms with Gasteiger partial charge in [0.25, 0.3) is 0 Å². The first-order chi connectivity index (χ1) is 7.40. The normalized spacial score (nSPS) is 11.4. The van der Waals surface area contributed by atoms with Crippen LogP contribution in [0.25, 0.3) is 0 Å². The molecule has 0 amide bonds. The molecule has 0 atom stereocenters. The second-order valence-electron chi connectivity index (χ2n) is 3.12. The van der Waals surface area contributed by atoms with Gasteiger partial charge in [0.05, 0.1) is 12.4 Å². The maximum atomic E-state index is 13.0. The molecule has 0 aromatic heterocycles. The average Bonchev–Trinajstić information content (AvgIpc) is 2.17. The second-order valence-corrected chi connectivity index (χ2v) is 4.85. The molecule has 0 unspecified atom stereocenters. The molecule has 0 saturated heterocycles. The summed E-state index contributed by atoms with van der Waals surface area (Å²) in [4.78, 5) is 0. The number of rotatable bonds is 5. The molecule has 4 nitrogen and oxygen atoms in total. The number of hydrogen-bond donors (Lipinski definition) is 1. The largest absolute Gasteiger partial charge is 0.490 e. The zero-order valence-electron chi connectivity index (χ0n) is 8.32. The van der Waals surface area contributed by atoms with Gasteiger partial charge in [-0.25, -0.2) is 17.9 Å². The maximum Gasteiger partial charge on any atom is 0.209 e. The van der Waals surface area contributed by atoms with E-state index >= 15 is 0 Å². The Bertz CT molecular complexity index is 462. The van der Waals surface area contributed by atoms with Crippen LogP contribution in [0.2, 0.25) is 0 Å². The van der Waals surface area contributed by atoms with E-state index in [9.17, 15) is 17.2 Å². The Morgan fingerprint density at radius 2 is 2.00 bits per heavy atom. The predicted octanol–water partition coefficient (Wildman–Crippen LogP) is 1.02. The molecule has 0 aliphatic carbocycles. The lowest BCUT2D eigenvalue weighted by molar-refractivity contribution is 0.295. The predicted molar refractivity (Wildman–Crippen MR) is 54.4 cm³/mol. The average molecular weight is 251 g/mol. The third-order valence-corrected chi connectivity index (χ3v) is 2.60. The molecule has 1 rings (SSSR count). The fourth-order valence-corrected chi connectivity index (χ4v) is 1.56. The Hall–Kier alpha value is -1.21. The molecule has 0 fully saturated rings. The summed E-state index contributed by atoms with van der Waals surface area (Å²) in [7, 11) is -3.54. The molecule has 0 aliphatic rings. The molecule has 0 heterocycles. The van der Waals surface area contributed by atoms with Crippen molar-refractivity contribution in [3.05, 3.63) is 29.8 Å². The Kier molecular flexibility index (Phi) is 4.19. The van der Waals surface area contributed by atoms with E-state index in [-0.39, 0.29) is 24.5 Å². The van der Waals surface area contributed by atoms with Gasteiger partial charge in [-0.2, -0.15) is 4.39 Å². The SMILES string of the molecule is NS(=O)(=O)CCCOc1cccc(F)c1F. The van der Waals surface area contributed by atoms with Gasteiger partial charge >= 0.3 is 0 Å². The maximum absolute atomic E-state index is 13.0. The summed E-state index contributed by atoms with van der Waals surface area (Å²) in [6.45, 7) is -0.0448. The van der Waals surface area contributed by atoms with Crippen molar-refractivity contribution in [1.82, 2.24) is 0 Å². The van der Waals surface area contributed by atoms with Crippen molar-refractivity contribution in [2.45, 2.75) is 6.42 Å². The van der Waals surface area contributed by atoms with Crippen LogP contribution in [0.1, 0.15) is 6.42 Å². The van der Waals surface area contributed by atoms with E-state index in [1.54, 1.807) is 0 Å². The molecule has 0 radical (unpaired) electrons. The van der Waals surface area contributed by atoms with E-state index in [1.807, 2.05) is 0 Å². The minimum absolute atomic E-state index is 0.0448. The molecule has 0 aliphatic heterocycles. The lowest BCUT2D eigenvalue weighted by Crippen LogP contribution is -2.18. The van der Waals surface area contributed by atoms with Crippen molar-refractivity contribution < 1.29 is 21.9 Å². The summed E-state index contributed by atoms with van der Waals surface area (Å²) in [6, 6.07) is 3.52. The van der Waals surface area contributed by atoms with Crippen molar-refractivity contribution in [3.8, 4) is 5.75 Å². The molecule has 0 spiro atoms.